The zero-order valence-electron chi connectivity index (χ0n) is 13.8. The Kier molecular flexibility index (Phi) is 4.05. The van der Waals surface area contributed by atoms with Gasteiger partial charge in [0.25, 0.3) is 0 Å². The van der Waals surface area contributed by atoms with E-state index in [1.165, 1.54) is 0 Å². The summed E-state index contributed by atoms with van der Waals surface area (Å²) < 4.78 is 11.5. The van der Waals surface area contributed by atoms with E-state index in [2.05, 4.69) is 0 Å². The molecule has 0 spiro atoms. The Morgan fingerprint density at radius 1 is 0.720 bits per heavy atom. The van der Waals surface area contributed by atoms with Crippen molar-refractivity contribution in [2.75, 3.05) is 7.11 Å². The van der Waals surface area contributed by atoms with Gasteiger partial charge in [0.05, 0.1) is 7.11 Å². The molecule has 4 aromatic rings. The number of aromatic nitrogens is 1. The van der Waals surface area contributed by atoms with Crippen LogP contribution in [0.5, 0.6) is 5.75 Å². The van der Waals surface area contributed by atoms with Crippen LogP contribution >= 0.6 is 0 Å². The smallest absolute Gasteiger partial charge is 0.227 e. The van der Waals surface area contributed by atoms with Crippen LogP contribution in [0.3, 0.4) is 0 Å². The Balaban J connectivity index is 1.91. The summed E-state index contributed by atoms with van der Waals surface area (Å²) in [7, 11) is 1.66. The minimum atomic E-state index is 0.609. The summed E-state index contributed by atoms with van der Waals surface area (Å²) in [5.41, 5.74) is 3.74. The molecule has 3 heteroatoms. The summed E-state index contributed by atoms with van der Waals surface area (Å²) in [6.45, 7) is 0. The van der Waals surface area contributed by atoms with Crippen LogP contribution in [0.4, 0.5) is 0 Å². The van der Waals surface area contributed by atoms with E-state index in [1.807, 2.05) is 84.9 Å². The molecule has 0 saturated heterocycles. The van der Waals surface area contributed by atoms with Gasteiger partial charge in [0, 0.05) is 16.7 Å². The van der Waals surface area contributed by atoms with E-state index >= 15 is 0 Å². The van der Waals surface area contributed by atoms with Gasteiger partial charge >= 0.3 is 0 Å². The van der Waals surface area contributed by atoms with Crippen molar-refractivity contribution in [1.29, 1.82) is 0 Å². The second-order valence-corrected chi connectivity index (χ2v) is 5.66. The fraction of sp³-hybridized carbons (Fsp3) is 0.0455. The average molecular weight is 327 g/mol. The summed E-state index contributed by atoms with van der Waals surface area (Å²) in [4.78, 5) is 4.78. The number of methoxy groups -OCH3 is 1. The molecule has 0 atom stereocenters. The van der Waals surface area contributed by atoms with E-state index in [0.29, 0.717) is 5.89 Å². The highest BCUT2D eigenvalue weighted by Gasteiger charge is 2.18. The van der Waals surface area contributed by atoms with Crippen molar-refractivity contribution >= 4 is 0 Å². The van der Waals surface area contributed by atoms with Gasteiger partial charge in [-0.3, -0.25) is 0 Å². The second kappa shape index (κ2) is 6.65. The first-order valence-corrected chi connectivity index (χ1v) is 8.11. The molecule has 122 valence electrons. The van der Waals surface area contributed by atoms with Crippen LogP contribution in [-0.2, 0) is 0 Å². The number of hydrogen-bond acceptors (Lipinski definition) is 3. The topological polar surface area (TPSA) is 35.3 Å². The molecule has 0 saturated carbocycles. The lowest BCUT2D eigenvalue weighted by molar-refractivity contribution is 0.415. The minimum Gasteiger partial charge on any atom is -0.497 e. The third kappa shape index (κ3) is 3.04. The van der Waals surface area contributed by atoms with Gasteiger partial charge in [-0.1, -0.05) is 60.7 Å². The average Bonchev–Trinajstić information content (AvgIpc) is 3.15. The van der Waals surface area contributed by atoms with Gasteiger partial charge in [-0.25, -0.2) is 4.98 Å². The maximum absolute atomic E-state index is 6.17. The Labute approximate surface area is 146 Å². The van der Waals surface area contributed by atoms with Crippen molar-refractivity contribution in [2.24, 2.45) is 0 Å². The summed E-state index contributed by atoms with van der Waals surface area (Å²) in [6, 6.07) is 27.8. The van der Waals surface area contributed by atoms with Crippen LogP contribution in [0.1, 0.15) is 0 Å². The van der Waals surface area contributed by atoms with E-state index in [0.717, 1.165) is 33.9 Å². The summed E-state index contributed by atoms with van der Waals surface area (Å²) >= 11 is 0. The molecule has 0 N–H and O–H groups in total. The van der Waals surface area contributed by atoms with Crippen LogP contribution < -0.4 is 4.74 Å². The SMILES string of the molecule is COc1cccc(-c2oc(-c3ccccc3)nc2-c2ccccc2)c1. The lowest BCUT2D eigenvalue weighted by Gasteiger charge is -2.04. The molecule has 0 aliphatic rings. The molecule has 0 amide bonds. The Morgan fingerprint density at radius 2 is 1.36 bits per heavy atom. The van der Waals surface area contributed by atoms with Gasteiger partial charge in [-0.05, 0) is 24.3 Å². The van der Waals surface area contributed by atoms with Gasteiger partial charge < -0.3 is 9.15 Å². The van der Waals surface area contributed by atoms with Gasteiger partial charge in [0.2, 0.25) is 5.89 Å². The van der Waals surface area contributed by atoms with Crippen molar-refractivity contribution in [2.45, 2.75) is 0 Å². The molecule has 1 aromatic heterocycles. The molecule has 25 heavy (non-hydrogen) atoms. The number of ether oxygens (including phenoxy) is 1. The number of hydrogen-bond donors (Lipinski definition) is 0. The van der Waals surface area contributed by atoms with E-state index in [-0.39, 0.29) is 0 Å². The van der Waals surface area contributed by atoms with Gasteiger partial charge in [-0.2, -0.15) is 0 Å². The van der Waals surface area contributed by atoms with Crippen molar-refractivity contribution in [3.63, 3.8) is 0 Å². The van der Waals surface area contributed by atoms with Gasteiger partial charge in [0.1, 0.15) is 11.4 Å². The molecule has 0 aliphatic carbocycles. The molecule has 0 unspecified atom stereocenters. The highest BCUT2D eigenvalue weighted by molar-refractivity contribution is 5.79. The lowest BCUT2D eigenvalue weighted by atomic mass is 10.1. The fourth-order valence-electron chi connectivity index (χ4n) is 2.78. The first-order chi connectivity index (χ1) is 12.3. The minimum absolute atomic E-state index is 0.609. The van der Waals surface area contributed by atoms with Crippen LogP contribution in [0, 0.1) is 0 Å². The molecule has 3 nitrogen and oxygen atoms in total. The number of benzene rings is 3. The molecule has 0 radical (unpaired) electrons. The predicted molar refractivity (Wildman–Crippen MR) is 99.4 cm³/mol. The fourth-order valence-corrected chi connectivity index (χ4v) is 2.78. The molecule has 0 bridgehead atoms. The number of nitrogens with zero attached hydrogens (tertiary/aromatic N) is 1. The Bertz CT molecular complexity index is 975. The molecule has 1 heterocycles. The standard InChI is InChI=1S/C22H17NO2/c1-24-19-14-8-13-18(15-19)21-20(16-9-4-2-5-10-16)23-22(25-21)17-11-6-3-7-12-17/h2-15H,1H3. The summed E-state index contributed by atoms with van der Waals surface area (Å²) in [5, 5.41) is 0. The van der Waals surface area contributed by atoms with Crippen molar-refractivity contribution in [3.05, 3.63) is 84.9 Å². The highest BCUT2D eigenvalue weighted by atomic mass is 16.5. The zero-order chi connectivity index (χ0) is 17.1. The maximum atomic E-state index is 6.17. The molecule has 0 fully saturated rings. The second-order valence-electron chi connectivity index (χ2n) is 5.66. The molecule has 4 rings (SSSR count). The monoisotopic (exact) mass is 327 g/mol. The molecule has 3 aromatic carbocycles. The van der Waals surface area contributed by atoms with E-state index in [9.17, 15) is 0 Å². The molecular formula is C22H17NO2. The van der Waals surface area contributed by atoms with Crippen molar-refractivity contribution < 1.29 is 9.15 Å². The summed E-state index contributed by atoms with van der Waals surface area (Å²) in [6.07, 6.45) is 0. The van der Waals surface area contributed by atoms with E-state index < -0.39 is 0 Å². The first-order valence-electron chi connectivity index (χ1n) is 8.11. The lowest BCUT2D eigenvalue weighted by Crippen LogP contribution is -1.85. The summed E-state index contributed by atoms with van der Waals surface area (Å²) in [5.74, 6) is 2.13. The quantitative estimate of drug-likeness (QED) is 0.483. The number of oxazole rings is 1. The third-order valence-electron chi connectivity index (χ3n) is 4.03. The van der Waals surface area contributed by atoms with Crippen LogP contribution in [-0.4, -0.2) is 12.1 Å². The van der Waals surface area contributed by atoms with Crippen molar-refractivity contribution in [3.8, 4) is 39.8 Å². The Hall–Kier alpha value is -3.33. The molecule has 0 aliphatic heterocycles. The maximum Gasteiger partial charge on any atom is 0.227 e. The van der Waals surface area contributed by atoms with Crippen LogP contribution in [0.15, 0.2) is 89.3 Å². The Morgan fingerprint density at radius 3 is 2.04 bits per heavy atom. The van der Waals surface area contributed by atoms with Crippen molar-refractivity contribution in [1.82, 2.24) is 4.98 Å². The normalized spacial score (nSPS) is 10.6. The van der Waals surface area contributed by atoms with Crippen LogP contribution in [0.25, 0.3) is 34.0 Å². The molecular weight excluding hydrogens is 310 g/mol. The zero-order valence-corrected chi connectivity index (χ0v) is 13.8. The third-order valence-corrected chi connectivity index (χ3v) is 4.03. The van der Waals surface area contributed by atoms with Crippen LogP contribution in [0.2, 0.25) is 0 Å². The largest absolute Gasteiger partial charge is 0.497 e. The predicted octanol–water partition coefficient (Wildman–Crippen LogP) is 5.68. The van der Waals surface area contributed by atoms with E-state index in [1.54, 1.807) is 7.11 Å². The van der Waals surface area contributed by atoms with Gasteiger partial charge in [-0.15, -0.1) is 0 Å². The highest BCUT2D eigenvalue weighted by Crippen LogP contribution is 2.36. The van der Waals surface area contributed by atoms with E-state index in [4.69, 9.17) is 14.1 Å². The first kappa shape index (κ1) is 15.2. The number of rotatable bonds is 4. The van der Waals surface area contributed by atoms with Gasteiger partial charge in [0.15, 0.2) is 5.76 Å².